The Hall–Kier alpha value is -3.21. The fraction of sp³-hybridized carbons (Fsp3) is 0.500. The number of nitrogens with zero attached hydrogens (tertiary/aromatic N) is 5. The number of ether oxygens (including phenoxy) is 3. The van der Waals surface area contributed by atoms with Gasteiger partial charge in [0.15, 0.2) is 5.82 Å². The smallest absolute Gasteiger partial charge is 0.223 e. The molecule has 2 aliphatic heterocycles. The van der Waals surface area contributed by atoms with E-state index in [0.29, 0.717) is 31.5 Å². The predicted octanol–water partition coefficient (Wildman–Crippen LogP) is 2.37. The van der Waals surface area contributed by atoms with E-state index in [9.17, 15) is 4.79 Å². The first-order valence-corrected chi connectivity index (χ1v) is 12.4. The van der Waals surface area contributed by atoms with Crippen molar-refractivity contribution >= 4 is 29.3 Å². The molecule has 0 aliphatic carbocycles. The van der Waals surface area contributed by atoms with E-state index >= 15 is 0 Å². The zero-order valence-electron chi connectivity index (χ0n) is 21.4. The highest BCUT2D eigenvalue weighted by molar-refractivity contribution is 5.98. The van der Waals surface area contributed by atoms with Crippen LogP contribution in [0.1, 0.15) is 18.1 Å². The highest BCUT2D eigenvalue weighted by atomic mass is 16.5. The van der Waals surface area contributed by atoms with Crippen LogP contribution in [0.2, 0.25) is 0 Å². The molecule has 0 radical (unpaired) electrons. The minimum Gasteiger partial charge on any atom is -0.476 e. The van der Waals surface area contributed by atoms with Gasteiger partial charge >= 0.3 is 0 Å². The number of hydrogen-bond acceptors (Lipinski definition) is 9. The van der Waals surface area contributed by atoms with Crippen molar-refractivity contribution in [2.75, 3.05) is 88.0 Å². The Balaban J connectivity index is 1.49. The predicted molar refractivity (Wildman–Crippen MR) is 142 cm³/mol. The molecule has 2 fully saturated rings. The van der Waals surface area contributed by atoms with E-state index in [-0.39, 0.29) is 5.91 Å². The summed E-state index contributed by atoms with van der Waals surface area (Å²) in [6, 6.07) is 9.84. The average molecular weight is 497 g/mol. The molecule has 2 saturated heterocycles. The number of nitrogens with one attached hydrogen (secondary N) is 1. The lowest BCUT2D eigenvalue weighted by molar-refractivity contribution is -0.116. The number of rotatable bonds is 9. The van der Waals surface area contributed by atoms with Crippen LogP contribution in [0.25, 0.3) is 0 Å². The van der Waals surface area contributed by atoms with Gasteiger partial charge in [0.25, 0.3) is 0 Å². The van der Waals surface area contributed by atoms with Crippen LogP contribution in [0.15, 0.2) is 35.4 Å². The van der Waals surface area contributed by atoms with Crippen LogP contribution >= 0.6 is 0 Å². The van der Waals surface area contributed by atoms with Gasteiger partial charge in [-0.1, -0.05) is 11.6 Å². The van der Waals surface area contributed by atoms with Crippen molar-refractivity contribution < 1.29 is 19.0 Å². The topological polar surface area (TPSA) is 91.8 Å². The van der Waals surface area contributed by atoms with Gasteiger partial charge in [-0.3, -0.25) is 15.1 Å². The molecule has 10 heteroatoms. The van der Waals surface area contributed by atoms with E-state index in [0.717, 1.165) is 68.4 Å². The fourth-order valence-corrected chi connectivity index (χ4v) is 4.15. The first-order chi connectivity index (χ1) is 17.5. The average Bonchev–Trinajstić information content (AvgIpc) is 2.89. The molecule has 1 aromatic heterocycles. The van der Waals surface area contributed by atoms with E-state index in [1.54, 1.807) is 25.1 Å². The first-order valence-electron chi connectivity index (χ1n) is 12.4. The maximum absolute atomic E-state index is 11.9. The zero-order chi connectivity index (χ0) is 25.3. The Morgan fingerprint density at radius 1 is 1.14 bits per heavy atom. The molecular formula is C26H36N6O4. The molecule has 1 N–H and O–H groups in total. The Labute approximate surface area is 212 Å². The van der Waals surface area contributed by atoms with Gasteiger partial charge in [-0.05, 0) is 19.1 Å². The number of hydrazone groups is 1. The fourth-order valence-electron chi connectivity index (χ4n) is 4.15. The standard InChI is InChI=1S/C26H36N6O4/c1-20-4-5-24(30(3)21(2)33)22(16-20)19-27-29-25-17-23(32-9-13-35-14-10-32)18-26(28-25)36-15-8-31-6-11-34-12-7-31/h4-5,16-19H,6-15H2,1-3H3,(H,28,29). The van der Waals surface area contributed by atoms with Gasteiger partial charge in [-0.15, -0.1) is 0 Å². The van der Waals surface area contributed by atoms with Crippen molar-refractivity contribution in [3.05, 3.63) is 41.5 Å². The summed E-state index contributed by atoms with van der Waals surface area (Å²) in [6.45, 7) is 11.3. The van der Waals surface area contributed by atoms with Crippen LogP contribution < -0.4 is 20.0 Å². The number of hydrogen-bond donors (Lipinski definition) is 1. The monoisotopic (exact) mass is 496 g/mol. The second-order valence-electron chi connectivity index (χ2n) is 8.96. The van der Waals surface area contributed by atoms with Crippen molar-refractivity contribution in [3.63, 3.8) is 0 Å². The molecule has 3 heterocycles. The summed E-state index contributed by atoms with van der Waals surface area (Å²) in [5, 5.41) is 4.44. The van der Waals surface area contributed by atoms with Gasteiger partial charge in [0.1, 0.15) is 6.61 Å². The van der Waals surface area contributed by atoms with E-state index in [4.69, 9.17) is 14.2 Å². The molecule has 1 amide bonds. The molecule has 0 bridgehead atoms. The maximum atomic E-state index is 11.9. The molecule has 194 valence electrons. The highest BCUT2D eigenvalue weighted by Crippen LogP contribution is 2.25. The normalized spacial score (nSPS) is 16.8. The third-order valence-corrected chi connectivity index (χ3v) is 6.32. The molecule has 0 unspecified atom stereocenters. The maximum Gasteiger partial charge on any atom is 0.223 e. The zero-order valence-corrected chi connectivity index (χ0v) is 21.4. The second-order valence-corrected chi connectivity index (χ2v) is 8.96. The van der Waals surface area contributed by atoms with Gasteiger partial charge in [-0.25, -0.2) is 0 Å². The lowest BCUT2D eigenvalue weighted by atomic mass is 10.1. The Morgan fingerprint density at radius 2 is 1.86 bits per heavy atom. The van der Waals surface area contributed by atoms with Crippen LogP contribution in [-0.2, 0) is 14.3 Å². The van der Waals surface area contributed by atoms with Crippen molar-refractivity contribution in [1.29, 1.82) is 0 Å². The number of carbonyl (C=O) groups is 1. The third-order valence-electron chi connectivity index (χ3n) is 6.32. The van der Waals surface area contributed by atoms with Crippen LogP contribution in [0.4, 0.5) is 17.2 Å². The molecule has 1 aromatic carbocycles. The summed E-state index contributed by atoms with van der Waals surface area (Å²) in [4.78, 5) is 22.7. The van der Waals surface area contributed by atoms with Gasteiger partial charge < -0.3 is 24.0 Å². The molecule has 0 saturated carbocycles. The third kappa shape index (κ3) is 7.16. The second kappa shape index (κ2) is 12.7. The Morgan fingerprint density at radius 3 is 2.58 bits per heavy atom. The quantitative estimate of drug-likeness (QED) is 0.418. The summed E-state index contributed by atoms with van der Waals surface area (Å²) in [5.74, 6) is 1.10. The van der Waals surface area contributed by atoms with Crippen LogP contribution in [0.5, 0.6) is 5.88 Å². The van der Waals surface area contributed by atoms with Gasteiger partial charge in [0.05, 0.1) is 38.3 Å². The number of aromatic nitrogens is 1. The number of amides is 1. The molecule has 0 atom stereocenters. The molecule has 36 heavy (non-hydrogen) atoms. The van der Waals surface area contributed by atoms with Gasteiger partial charge in [0, 0.05) is 70.1 Å². The number of carbonyl (C=O) groups excluding carboxylic acids is 1. The number of anilines is 3. The van der Waals surface area contributed by atoms with E-state index < -0.39 is 0 Å². The lowest BCUT2D eigenvalue weighted by Crippen LogP contribution is -2.38. The molecule has 10 nitrogen and oxygen atoms in total. The minimum atomic E-state index is -0.0415. The molecule has 2 aliphatic rings. The number of morpholine rings is 2. The lowest BCUT2D eigenvalue weighted by Gasteiger charge is -2.29. The van der Waals surface area contributed by atoms with Crippen molar-refractivity contribution in [2.45, 2.75) is 13.8 Å². The van der Waals surface area contributed by atoms with Crippen molar-refractivity contribution in [2.24, 2.45) is 5.10 Å². The summed E-state index contributed by atoms with van der Waals surface area (Å²) < 4.78 is 17.0. The molecular weight excluding hydrogens is 460 g/mol. The summed E-state index contributed by atoms with van der Waals surface area (Å²) in [7, 11) is 1.76. The van der Waals surface area contributed by atoms with Crippen molar-refractivity contribution in [3.8, 4) is 5.88 Å². The highest BCUT2D eigenvalue weighted by Gasteiger charge is 2.15. The van der Waals surface area contributed by atoms with Gasteiger partial charge in [0.2, 0.25) is 11.8 Å². The number of pyridine rings is 1. The van der Waals surface area contributed by atoms with E-state index in [1.807, 2.05) is 37.3 Å². The van der Waals surface area contributed by atoms with Crippen LogP contribution in [-0.4, -0.2) is 94.8 Å². The Bertz CT molecular complexity index is 1050. The molecule has 4 rings (SSSR count). The first kappa shape index (κ1) is 25.9. The SMILES string of the molecule is CC(=O)N(C)c1ccc(C)cc1C=NNc1cc(N2CCOCC2)cc(OCCN2CCOCC2)n1. The molecule has 2 aromatic rings. The summed E-state index contributed by atoms with van der Waals surface area (Å²) in [5.41, 5.74) is 6.79. The van der Waals surface area contributed by atoms with Crippen LogP contribution in [0.3, 0.4) is 0 Å². The number of benzene rings is 1. The number of aryl methyl sites for hydroxylation is 1. The summed E-state index contributed by atoms with van der Waals surface area (Å²) in [6.07, 6.45) is 1.71. The van der Waals surface area contributed by atoms with Crippen LogP contribution in [0, 0.1) is 6.92 Å². The van der Waals surface area contributed by atoms with E-state index in [2.05, 4.69) is 25.3 Å². The summed E-state index contributed by atoms with van der Waals surface area (Å²) >= 11 is 0. The van der Waals surface area contributed by atoms with Crippen molar-refractivity contribution in [1.82, 2.24) is 9.88 Å². The molecule has 0 spiro atoms. The van der Waals surface area contributed by atoms with Gasteiger partial charge in [-0.2, -0.15) is 10.1 Å². The minimum absolute atomic E-state index is 0.0415. The van der Waals surface area contributed by atoms with E-state index in [1.165, 1.54) is 0 Å². The largest absolute Gasteiger partial charge is 0.476 e. The Kier molecular flexibility index (Phi) is 9.10.